The fraction of sp³-hybridized carbons (Fsp3) is 0.174. The molecule has 0 spiro atoms. The highest BCUT2D eigenvalue weighted by Gasteiger charge is 2.33. The number of nitrogens with two attached hydrogens (primary N) is 1. The molecule has 0 amide bonds. The first-order valence-corrected chi connectivity index (χ1v) is 9.50. The molecule has 6 nitrogen and oxygen atoms in total. The number of nitrogens with zero attached hydrogens (tertiary/aromatic N) is 1. The fourth-order valence-corrected chi connectivity index (χ4v) is 4.13. The lowest BCUT2D eigenvalue weighted by Crippen LogP contribution is -2.21. The molecule has 0 radical (unpaired) electrons. The van der Waals surface area contributed by atoms with Crippen molar-refractivity contribution in [3.8, 4) is 29.1 Å². The molecule has 0 aromatic heterocycles. The van der Waals surface area contributed by atoms with Gasteiger partial charge in [0.2, 0.25) is 11.6 Å². The van der Waals surface area contributed by atoms with Crippen LogP contribution in [0.25, 0.3) is 10.8 Å². The van der Waals surface area contributed by atoms with Crippen molar-refractivity contribution >= 4 is 22.4 Å². The molecule has 152 valence electrons. The van der Waals surface area contributed by atoms with Crippen molar-refractivity contribution in [3.63, 3.8) is 0 Å². The van der Waals surface area contributed by atoms with Crippen molar-refractivity contribution in [2.45, 2.75) is 5.92 Å². The lowest BCUT2D eigenvalue weighted by molar-refractivity contribution is 0.323. The molecule has 0 saturated carbocycles. The molecular weight excluding hydrogens is 404 g/mol. The first-order valence-electron chi connectivity index (χ1n) is 9.12. The Balaban J connectivity index is 2.04. The van der Waals surface area contributed by atoms with Crippen LogP contribution in [0.2, 0.25) is 5.02 Å². The van der Waals surface area contributed by atoms with Gasteiger partial charge >= 0.3 is 0 Å². The topological polar surface area (TPSA) is 86.7 Å². The molecule has 3 aromatic rings. The number of hydrogen-bond donors (Lipinski definition) is 1. The molecule has 1 heterocycles. The Labute approximate surface area is 179 Å². The van der Waals surface area contributed by atoms with Gasteiger partial charge in [0.25, 0.3) is 0 Å². The van der Waals surface area contributed by atoms with E-state index in [0.717, 1.165) is 21.9 Å². The Morgan fingerprint density at radius 2 is 1.63 bits per heavy atom. The van der Waals surface area contributed by atoms with Crippen LogP contribution < -0.4 is 24.7 Å². The van der Waals surface area contributed by atoms with Gasteiger partial charge in [0.15, 0.2) is 11.5 Å². The number of allylic oxidation sites excluding steroid dienone is 1. The Bertz CT molecular complexity index is 1200. The molecule has 30 heavy (non-hydrogen) atoms. The molecule has 3 aromatic carbocycles. The maximum atomic E-state index is 9.87. The van der Waals surface area contributed by atoms with Gasteiger partial charge in [0.1, 0.15) is 17.4 Å². The van der Waals surface area contributed by atoms with Crippen LogP contribution >= 0.6 is 11.6 Å². The normalized spacial score (nSPS) is 15.2. The largest absolute Gasteiger partial charge is 0.493 e. The summed E-state index contributed by atoms with van der Waals surface area (Å²) in [4.78, 5) is 0. The molecular formula is C23H19ClN2O4. The molecule has 1 aliphatic heterocycles. The standard InChI is InChI=1S/C23H19ClN2O4/c1-27-18-8-12(9-19(28-2)22(18)29-3)20-15-10-17(24)13-6-4-5-7-14(13)21(15)30-23(26)16(20)11-25/h4-10,20H,26H2,1-3H3. The van der Waals surface area contributed by atoms with Crippen molar-refractivity contribution in [3.05, 3.63) is 70.1 Å². The van der Waals surface area contributed by atoms with E-state index in [0.29, 0.717) is 28.0 Å². The molecule has 4 rings (SSSR count). The molecule has 7 heteroatoms. The minimum Gasteiger partial charge on any atom is -0.493 e. The summed E-state index contributed by atoms with van der Waals surface area (Å²) < 4.78 is 22.3. The van der Waals surface area contributed by atoms with E-state index in [1.54, 1.807) is 26.4 Å². The van der Waals surface area contributed by atoms with Crippen molar-refractivity contribution in [2.75, 3.05) is 21.3 Å². The Morgan fingerprint density at radius 3 is 2.20 bits per heavy atom. The molecule has 2 N–H and O–H groups in total. The third kappa shape index (κ3) is 2.95. The van der Waals surface area contributed by atoms with E-state index >= 15 is 0 Å². The summed E-state index contributed by atoms with van der Waals surface area (Å²) in [6.45, 7) is 0. The highest BCUT2D eigenvalue weighted by Crippen LogP contribution is 2.50. The van der Waals surface area contributed by atoms with Crippen LogP contribution in [0.1, 0.15) is 17.0 Å². The molecule has 0 aliphatic carbocycles. The van der Waals surface area contributed by atoms with E-state index < -0.39 is 5.92 Å². The van der Waals surface area contributed by atoms with Crippen molar-refractivity contribution < 1.29 is 18.9 Å². The minimum absolute atomic E-state index is 0.0521. The van der Waals surface area contributed by atoms with Crippen LogP contribution in [-0.2, 0) is 0 Å². The maximum Gasteiger partial charge on any atom is 0.205 e. The van der Waals surface area contributed by atoms with Crippen LogP contribution in [0.15, 0.2) is 53.9 Å². The van der Waals surface area contributed by atoms with Gasteiger partial charge in [-0.3, -0.25) is 0 Å². The van der Waals surface area contributed by atoms with Gasteiger partial charge in [-0.15, -0.1) is 0 Å². The number of nitriles is 1. The number of halogens is 1. The first kappa shape index (κ1) is 19.7. The zero-order valence-corrected chi connectivity index (χ0v) is 17.4. The number of ether oxygens (including phenoxy) is 4. The highest BCUT2D eigenvalue weighted by molar-refractivity contribution is 6.36. The number of benzene rings is 3. The van der Waals surface area contributed by atoms with Gasteiger partial charge in [0, 0.05) is 21.4 Å². The smallest absolute Gasteiger partial charge is 0.205 e. The van der Waals surface area contributed by atoms with Crippen LogP contribution in [0, 0.1) is 11.3 Å². The van der Waals surface area contributed by atoms with E-state index in [1.807, 2.05) is 30.3 Å². The van der Waals surface area contributed by atoms with Gasteiger partial charge < -0.3 is 24.7 Å². The molecule has 0 bridgehead atoms. The van der Waals surface area contributed by atoms with Gasteiger partial charge in [-0.25, -0.2) is 0 Å². The van der Waals surface area contributed by atoms with Crippen LogP contribution in [-0.4, -0.2) is 21.3 Å². The average Bonchev–Trinajstić information content (AvgIpc) is 2.78. The van der Waals surface area contributed by atoms with E-state index in [2.05, 4.69) is 6.07 Å². The fourth-order valence-electron chi connectivity index (χ4n) is 3.85. The number of hydrogen-bond acceptors (Lipinski definition) is 6. The van der Waals surface area contributed by atoms with Gasteiger partial charge in [-0.1, -0.05) is 35.9 Å². The first-order chi connectivity index (χ1) is 14.5. The summed E-state index contributed by atoms with van der Waals surface area (Å²) in [7, 11) is 4.62. The number of fused-ring (bicyclic) bond motifs is 3. The zero-order chi connectivity index (χ0) is 21.4. The Kier molecular flexibility index (Phi) is 5.06. The van der Waals surface area contributed by atoms with Gasteiger partial charge in [-0.2, -0.15) is 5.26 Å². The third-order valence-corrected chi connectivity index (χ3v) is 5.50. The third-order valence-electron chi connectivity index (χ3n) is 5.19. The van der Waals surface area contributed by atoms with Gasteiger partial charge in [-0.05, 0) is 23.8 Å². The second-order valence-corrected chi connectivity index (χ2v) is 7.11. The molecule has 1 atom stereocenters. The maximum absolute atomic E-state index is 9.87. The van der Waals surface area contributed by atoms with Crippen molar-refractivity contribution in [1.82, 2.24) is 0 Å². The van der Waals surface area contributed by atoms with E-state index in [-0.39, 0.29) is 11.5 Å². The molecule has 0 saturated heterocycles. The predicted octanol–water partition coefficient (Wildman–Crippen LogP) is 4.74. The average molecular weight is 423 g/mol. The van der Waals surface area contributed by atoms with Gasteiger partial charge in [0.05, 0.1) is 27.2 Å². The SMILES string of the molecule is COc1cc(C2C(C#N)=C(N)Oc3c2cc(Cl)c2ccccc32)cc(OC)c1OC. The molecule has 0 fully saturated rings. The van der Waals surface area contributed by atoms with E-state index in [1.165, 1.54) is 7.11 Å². The summed E-state index contributed by atoms with van der Waals surface area (Å²) in [6.07, 6.45) is 0. The Morgan fingerprint density at radius 1 is 1.00 bits per heavy atom. The lowest BCUT2D eigenvalue weighted by atomic mass is 9.82. The minimum atomic E-state index is -0.519. The zero-order valence-electron chi connectivity index (χ0n) is 16.7. The lowest BCUT2D eigenvalue weighted by Gasteiger charge is -2.28. The molecule has 1 unspecified atom stereocenters. The molecule has 1 aliphatic rings. The van der Waals surface area contributed by atoms with E-state index in [9.17, 15) is 5.26 Å². The highest BCUT2D eigenvalue weighted by atomic mass is 35.5. The number of methoxy groups -OCH3 is 3. The summed E-state index contributed by atoms with van der Waals surface area (Å²) in [5, 5.41) is 12.1. The number of rotatable bonds is 4. The monoisotopic (exact) mass is 422 g/mol. The second kappa shape index (κ2) is 7.69. The van der Waals surface area contributed by atoms with E-state index in [4.69, 9.17) is 36.3 Å². The quantitative estimate of drug-likeness (QED) is 0.653. The summed E-state index contributed by atoms with van der Waals surface area (Å²) in [5.74, 6) is 1.52. The van der Waals surface area contributed by atoms with Crippen LogP contribution in [0.3, 0.4) is 0 Å². The van der Waals surface area contributed by atoms with Crippen LogP contribution in [0.4, 0.5) is 0 Å². The second-order valence-electron chi connectivity index (χ2n) is 6.71. The predicted molar refractivity (Wildman–Crippen MR) is 114 cm³/mol. The summed E-state index contributed by atoms with van der Waals surface area (Å²) >= 11 is 6.58. The van der Waals surface area contributed by atoms with Crippen molar-refractivity contribution in [1.29, 1.82) is 5.26 Å². The summed E-state index contributed by atoms with van der Waals surface area (Å²) in [5.41, 5.74) is 7.92. The summed E-state index contributed by atoms with van der Waals surface area (Å²) in [6, 6.07) is 15.2. The van der Waals surface area contributed by atoms with Crippen molar-refractivity contribution in [2.24, 2.45) is 5.73 Å². The van der Waals surface area contributed by atoms with Crippen LogP contribution in [0.5, 0.6) is 23.0 Å². The Hall–Kier alpha value is -3.56.